The first-order valence-electron chi connectivity index (χ1n) is 12.3. The lowest BCUT2D eigenvalue weighted by Gasteiger charge is -2.38. The number of piperidine rings is 1. The zero-order valence-electron chi connectivity index (χ0n) is 21.2. The smallest absolute Gasteiger partial charge is 0.417 e. The van der Waals surface area contributed by atoms with Crippen LogP contribution in [0, 0.1) is 5.82 Å². The molecule has 2 atom stereocenters. The summed E-state index contributed by atoms with van der Waals surface area (Å²) in [6, 6.07) is 10.8. The highest BCUT2D eigenvalue weighted by molar-refractivity contribution is 5.81. The number of alkyl halides is 3. The molecule has 2 heterocycles. The molecule has 1 fully saturated rings. The minimum absolute atomic E-state index is 0.0665. The maximum Gasteiger partial charge on any atom is 0.417 e. The third kappa shape index (κ3) is 5.46. The van der Waals surface area contributed by atoms with Gasteiger partial charge in [-0.2, -0.15) is 13.2 Å². The van der Waals surface area contributed by atoms with Crippen molar-refractivity contribution >= 4 is 17.3 Å². The zero-order chi connectivity index (χ0) is 27.0. The van der Waals surface area contributed by atoms with E-state index in [0.717, 1.165) is 37.3 Å². The van der Waals surface area contributed by atoms with Crippen molar-refractivity contribution in [3.05, 3.63) is 65.1 Å². The summed E-state index contributed by atoms with van der Waals surface area (Å²) in [6.45, 7) is 3.73. The molecule has 1 aliphatic heterocycles. The number of carbonyl (C=O) groups excluding carboxylic acids is 1. The fourth-order valence-corrected chi connectivity index (χ4v) is 5.57. The zero-order valence-corrected chi connectivity index (χ0v) is 21.2. The lowest BCUT2D eigenvalue weighted by atomic mass is 9.73. The van der Waals surface area contributed by atoms with Crippen LogP contribution in [-0.4, -0.2) is 46.8 Å². The lowest BCUT2D eigenvalue weighted by Crippen LogP contribution is -2.51. The molecule has 200 valence electrons. The Hall–Kier alpha value is -3.07. The van der Waals surface area contributed by atoms with Gasteiger partial charge in [0.2, 0.25) is 6.41 Å². The van der Waals surface area contributed by atoms with Gasteiger partial charge in [-0.3, -0.25) is 4.79 Å². The van der Waals surface area contributed by atoms with Crippen LogP contribution < -0.4 is 4.74 Å². The first kappa shape index (κ1) is 27.0. The Labute approximate surface area is 213 Å². The third-order valence-electron chi connectivity index (χ3n) is 7.40. The van der Waals surface area contributed by atoms with E-state index in [-0.39, 0.29) is 23.0 Å². The van der Waals surface area contributed by atoms with Crippen molar-refractivity contribution in [1.29, 1.82) is 0 Å². The number of nitrogens with zero attached hydrogens (tertiary/aromatic N) is 1. The number of H-pyrrole nitrogens is 1. The molecule has 0 saturated carbocycles. The Morgan fingerprint density at radius 2 is 1.89 bits per heavy atom. The van der Waals surface area contributed by atoms with E-state index < -0.39 is 35.9 Å². The van der Waals surface area contributed by atoms with E-state index in [1.54, 1.807) is 17.0 Å². The van der Waals surface area contributed by atoms with Gasteiger partial charge < -0.3 is 19.7 Å². The van der Waals surface area contributed by atoms with Gasteiger partial charge in [0.15, 0.2) is 5.60 Å². The van der Waals surface area contributed by atoms with Crippen LogP contribution in [0.4, 0.5) is 17.6 Å². The summed E-state index contributed by atoms with van der Waals surface area (Å²) in [7, 11) is 1.36. The maximum atomic E-state index is 14.3. The van der Waals surface area contributed by atoms with Gasteiger partial charge in [-0.15, -0.1) is 0 Å². The number of benzene rings is 2. The van der Waals surface area contributed by atoms with Crippen molar-refractivity contribution in [2.24, 2.45) is 0 Å². The van der Waals surface area contributed by atoms with Gasteiger partial charge in [-0.1, -0.05) is 19.9 Å². The van der Waals surface area contributed by atoms with Gasteiger partial charge in [-0.05, 0) is 78.4 Å². The number of halogens is 4. The van der Waals surface area contributed by atoms with E-state index in [1.165, 1.54) is 33.1 Å². The van der Waals surface area contributed by atoms with Gasteiger partial charge in [0.1, 0.15) is 11.6 Å². The molecule has 0 aliphatic carbocycles. The molecule has 0 spiro atoms. The molecular formula is C28H32F4N2O3. The molecule has 37 heavy (non-hydrogen) atoms. The second kappa shape index (κ2) is 10.0. The topological polar surface area (TPSA) is 65.6 Å². The van der Waals surface area contributed by atoms with Crippen LogP contribution in [0.1, 0.15) is 62.4 Å². The van der Waals surface area contributed by atoms with E-state index in [0.29, 0.717) is 17.4 Å². The van der Waals surface area contributed by atoms with Crippen molar-refractivity contribution in [2.45, 2.75) is 69.2 Å². The maximum absolute atomic E-state index is 14.3. The van der Waals surface area contributed by atoms with E-state index >= 15 is 0 Å². The summed E-state index contributed by atoms with van der Waals surface area (Å²) in [4.78, 5) is 16.3. The van der Waals surface area contributed by atoms with Crippen LogP contribution in [0.5, 0.6) is 5.75 Å². The van der Waals surface area contributed by atoms with Gasteiger partial charge >= 0.3 is 6.18 Å². The fraction of sp³-hybridized carbons (Fsp3) is 0.464. The monoisotopic (exact) mass is 520 g/mol. The predicted molar refractivity (Wildman–Crippen MR) is 133 cm³/mol. The normalized spacial score (nSPS) is 18.6. The first-order chi connectivity index (χ1) is 17.4. The highest BCUT2D eigenvalue weighted by Gasteiger charge is 2.56. The van der Waals surface area contributed by atoms with E-state index in [1.807, 2.05) is 12.1 Å². The standard InChI is InChI=1S/C28H32F4N2O3/c1-26(2,22-14-20(29)8-10-25(22)37-3)16-27(36,28(30,31)32)15-21-13-19-12-18(7-9-23(19)33-21)24-6-4-5-11-34(24)17-35/h7-10,12-14,17,24,33,36H,4-6,11,15-16H2,1-3H3. The van der Waals surface area contributed by atoms with Crippen molar-refractivity contribution < 1.29 is 32.2 Å². The average Bonchev–Trinajstić information content (AvgIpc) is 3.24. The SMILES string of the molecule is COc1ccc(F)cc1C(C)(C)CC(O)(Cc1cc2cc(C3CCCCN3C=O)ccc2[nH]1)C(F)(F)F. The molecule has 1 aromatic heterocycles. The molecule has 0 radical (unpaired) electrons. The molecule has 4 rings (SSSR count). The summed E-state index contributed by atoms with van der Waals surface area (Å²) < 4.78 is 62.3. The predicted octanol–water partition coefficient (Wildman–Crippen LogP) is 6.20. The number of aromatic nitrogens is 1. The molecular weight excluding hydrogens is 488 g/mol. The number of nitrogens with one attached hydrogen (secondary N) is 1. The number of likely N-dealkylation sites (tertiary alicyclic amines) is 1. The lowest BCUT2D eigenvalue weighted by molar-refractivity contribution is -0.266. The molecule has 9 heteroatoms. The number of fused-ring (bicyclic) bond motifs is 1. The highest BCUT2D eigenvalue weighted by Crippen LogP contribution is 2.45. The summed E-state index contributed by atoms with van der Waals surface area (Å²) in [5.74, 6) is -0.349. The quantitative estimate of drug-likeness (QED) is 0.275. The molecule has 2 unspecified atom stereocenters. The van der Waals surface area contributed by atoms with Crippen LogP contribution in [0.25, 0.3) is 10.9 Å². The molecule has 1 amide bonds. The number of carbonyl (C=O) groups is 1. The summed E-state index contributed by atoms with van der Waals surface area (Å²) in [5, 5.41) is 11.8. The molecule has 2 aromatic carbocycles. The Kier molecular flexibility index (Phi) is 7.29. The third-order valence-corrected chi connectivity index (χ3v) is 7.40. The fourth-order valence-electron chi connectivity index (χ4n) is 5.57. The van der Waals surface area contributed by atoms with Crippen LogP contribution in [-0.2, 0) is 16.6 Å². The average molecular weight is 521 g/mol. The van der Waals surface area contributed by atoms with Gasteiger partial charge in [-0.25, -0.2) is 4.39 Å². The Bertz CT molecular complexity index is 1270. The molecule has 2 N–H and O–H groups in total. The van der Waals surface area contributed by atoms with E-state index in [2.05, 4.69) is 4.98 Å². The highest BCUT2D eigenvalue weighted by atomic mass is 19.4. The van der Waals surface area contributed by atoms with Gasteiger partial charge in [0.25, 0.3) is 0 Å². The van der Waals surface area contributed by atoms with Crippen LogP contribution in [0.2, 0.25) is 0 Å². The minimum Gasteiger partial charge on any atom is -0.496 e. The number of rotatable bonds is 8. The second-order valence-electron chi connectivity index (χ2n) is 10.6. The molecule has 5 nitrogen and oxygen atoms in total. The summed E-state index contributed by atoms with van der Waals surface area (Å²) in [5.41, 5.74) is -2.32. The van der Waals surface area contributed by atoms with Crippen molar-refractivity contribution in [1.82, 2.24) is 9.88 Å². The minimum atomic E-state index is -4.94. The Morgan fingerprint density at radius 1 is 1.14 bits per heavy atom. The number of aliphatic hydroxyl groups is 1. The second-order valence-corrected chi connectivity index (χ2v) is 10.6. The van der Waals surface area contributed by atoms with Crippen LogP contribution >= 0.6 is 0 Å². The van der Waals surface area contributed by atoms with Crippen molar-refractivity contribution in [3.8, 4) is 5.75 Å². The van der Waals surface area contributed by atoms with Crippen molar-refractivity contribution in [2.75, 3.05) is 13.7 Å². The number of ether oxygens (including phenoxy) is 1. The number of hydrogen-bond acceptors (Lipinski definition) is 3. The summed E-state index contributed by atoms with van der Waals surface area (Å²) >= 11 is 0. The van der Waals surface area contributed by atoms with Crippen LogP contribution in [0.3, 0.4) is 0 Å². The molecule has 1 aliphatic rings. The molecule has 1 saturated heterocycles. The van der Waals surface area contributed by atoms with Gasteiger partial charge in [0, 0.05) is 29.7 Å². The number of aromatic amines is 1. The Balaban J connectivity index is 1.65. The van der Waals surface area contributed by atoms with Crippen molar-refractivity contribution in [3.63, 3.8) is 0 Å². The van der Waals surface area contributed by atoms with Crippen LogP contribution in [0.15, 0.2) is 42.5 Å². The number of methoxy groups -OCH3 is 1. The molecule has 0 bridgehead atoms. The Morgan fingerprint density at radius 3 is 2.57 bits per heavy atom. The number of hydrogen-bond donors (Lipinski definition) is 2. The first-order valence-corrected chi connectivity index (χ1v) is 12.3. The van der Waals surface area contributed by atoms with E-state index in [9.17, 15) is 27.5 Å². The summed E-state index contributed by atoms with van der Waals surface area (Å²) in [6.07, 6.45) is -2.75. The van der Waals surface area contributed by atoms with Gasteiger partial charge in [0.05, 0.1) is 13.2 Å². The number of amides is 1. The van der Waals surface area contributed by atoms with E-state index in [4.69, 9.17) is 4.74 Å². The molecule has 3 aromatic rings. The largest absolute Gasteiger partial charge is 0.496 e.